The van der Waals surface area contributed by atoms with Gasteiger partial charge in [0.1, 0.15) is 28.9 Å². The summed E-state index contributed by atoms with van der Waals surface area (Å²) in [4.78, 5) is 12.0. The van der Waals surface area contributed by atoms with Crippen LogP contribution in [-0.2, 0) is 4.74 Å². The van der Waals surface area contributed by atoms with Gasteiger partial charge in [-0.3, -0.25) is 4.79 Å². The minimum Gasteiger partial charge on any atom is -0.496 e. The Morgan fingerprint density at radius 3 is 2.06 bits per heavy atom. The van der Waals surface area contributed by atoms with Crippen molar-refractivity contribution in [1.29, 1.82) is 0 Å². The number of carbonyl (C=O) groups excluding carboxylic acids is 1. The first kappa shape index (κ1) is 11.7. The van der Waals surface area contributed by atoms with Gasteiger partial charge in [-0.15, -0.1) is 0 Å². The Hall–Kier alpha value is -1.75. The SMILES string of the molecule is COc1cc(OC)c(C(=O)C2CO2)c(OC)c1. The van der Waals surface area contributed by atoms with Crippen molar-refractivity contribution in [1.82, 2.24) is 0 Å². The molecule has 1 saturated heterocycles. The van der Waals surface area contributed by atoms with Crippen molar-refractivity contribution in [3.63, 3.8) is 0 Å². The minimum atomic E-state index is -0.369. The first-order chi connectivity index (χ1) is 8.21. The number of ether oxygens (including phenoxy) is 4. The number of benzene rings is 1. The summed E-state index contributed by atoms with van der Waals surface area (Å²) in [5.74, 6) is 1.32. The molecule has 1 aliphatic heterocycles. The van der Waals surface area contributed by atoms with Gasteiger partial charge in [-0.25, -0.2) is 0 Å². The van der Waals surface area contributed by atoms with Crippen molar-refractivity contribution in [3.05, 3.63) is 17.7 Å². The van der Waals surface area contributed by atoms with Gasteiger partial charge < -0.3 is 18.9 Å². The summed E-state index contributed by atoms with van der Waals surface area (Å²) in [6.07, 6.45) is -0.369. The van der Waals surface area contributed by atoms with Crippen LogP contribution in [0.3, 0.4) is 0 Å². The van der Waals surface area contributed by atoms with E-state index in [-0.39, 0.29) is 11.9 Å². The number of carbonyl (C=O) groups is 1. The van der Waals surface area contributed by atoms with Crippen molar-refractivity contribution in [2.45, 2.75) is 6.10 Å². The average Bonchev–Trinajstić information content (AvgIpc) is 3.20. The second-order valence-electron chi connectivity index (χ2n) is 3.59. The summed E-state index contributed by atoms with van der Waals surface area (Å²) in [5.41, 5.74) is 0.401. The van der Waals surface area contributed by atoms with Gasteiger partial charge in [0.2, 0.25) is 5.78 Å². The third-order valence-electron chi connectivity index (χ3n) is 2.59. The molecule has 1 aliphatic rings. The van der Waals surface area contributed by atoms with E-state index in [2.05, 4.69) is 0 Å². The molecule has 0 bridgehead atoms. The molecule has 5 heteroatoms. The van der Waals surface area contributed by atoms with Crippen molar-refractivity contribution >= 4 is 5.78 Å². The lowest BCUT2D eigenvalue weighted by Crippen LogP contribution is -2.11. The zero-order valence-corrected chi connectivity index (χ0v) is 9.98. The van der Waals surface area contributed by atoms with E-state index in [1.165, 1.54) is 14.2 Å². The molecule has 0 aromatic heterocycles. The summed E-state index contributed by atoms with van der Waals surface area (Å²) < 4.78 is 20.5. The van der Waals surface area contributed by atoms with Crippen LogP contribution < -0.4 is 14.2 Å². The highest BCUT2D eigenvalue weighted by Gasteiger charge is 2.36. The van der Waals surface area contributed by atoms with Crippen LogP contribution in [0.2, 0.25) is 0 Å². The largest absolute Gasteiger partial charge is 0.496 e. The van der Waals surface area contributed by atoms with Gasteiger partial charge in [0.05, 0.1) is 27.9 Å². The van der Waals surface area contributed by atoms with Crippen LogP contribution >= 0.6 is 0 Å². The Morgan fingerprint density at radius 1 is 1.18 bits per heavy atom. The summed E-state index contributed by atoms with van der Waals surface area (Å²) in [7, 11) is 4.54. The van der Waals surface area contributed by atoms with Crippen LogP contribution in [-0.4, -0.2) is 39.8 Å². The second-order valence-corrected chi connectivity index (χ2v) is 3.59. The van der Waals surface area contributed by atoms with Crippen molar-refractivity contribution in [3.8, 4) is 17.2 Å². The maximum atomic E-state index is 12.0. The summed E-state index contributed by atoms with van der Waals surface area (Å²) in [6, 6.07) is 3.30. The molecule has 0 N–H and O–H groups in total. The molecule has 1 aromatic carbocycles. The molecule has 0 amide bonds. The van der Waals surface area contributed by atoms with E-state index in [1.54, 1.807) is 19.2 Å². The third kappa shape index (κ3) is 2.19. The first-order valence-electron chi connectivity index (χ1n) is 5.17. The molecule has 92 valence electrons. The molecule has 1 heterocycles. The smallest absolute Gasteiger partial charge is 0.201 e. The van der Waals surface area contributed by atoms with Crippen LogP contribution in [0.4, 0.5) is 0 Å². The van der Waals surface area contributed by atoms with Gasteiger partial charge in [0.25, 0.3) is 0 Å². The van der Waals surface area contributed by atoms with Crippen LogP contribution in [0.25, 0.3) is 0 Å². The molecular weight excluding hydrogens is 224 g/mol. The molecule has 5 nitrogen and oxygen atoms in total. The Kier molecular flexibility index (Phi) is 3.19. The van der Waals surface area contributed by atoms with Crippen LogP contribution in [0.15, 0.2) is 12.1 Å². The van der Waals surface area contributed by atoms with Gasteiger partial charge in [-0.2, -0.15) is 0 Å². The fourth-order valence-electron chi connectivity index (χ4n) is 1.61. The van der Waals surface area contributed by atoms with Crippen molar-refractivity contribution in [2.75, 3.05) is 27.9 Å². The zero-order chi connectivity index (χ0) is 12.4. The molecule has 1 aromatic rings. The number of Topliss-reactive ketones (excluding diaryl/α,β-unsaturated/α-hetero) is 1. The molecule has 0 aliphatic carbocycles. The number of methoxy groups -OCH3 is 3. The molecule has 0 saturated carbocycles. The maximum Gasteiger partial charge on any atom is 0.201 e. The fraction of sp³-hybridized carbons (Fsp3) is 0.417. The number of ketones is 1. The number of hydrogen-bond donors (Lipinski definition) is 0. The highest BCUT2D eigenvalue weighted by molar-refractivity contribution is 6.05. The Morgan fingerprint density at radius 2 is 1.71 bits per heavy atom. The average molecular weight is 238 g/mol. The highest BCUT2D eigenvalue weighted by Crippen LogP contribution is 2.36. The van der Waals surface area contributed by atoms with Crippen molar-refractivity contribution in [2.24, 2.45) is 0 Å². The Labute approximate surface area is 99.2 Å². The maximum absolute atomic E-state index is 12.0. The topological polar surface area (TPSA) is 57.3 Å². The van der Waals surface area contributed by atoms with E-state index in [4.69, 9.17) is 18.9 Å². The van der Waals surface area contributed by atoms with E-state index < -0.39 is 0 Å². The van der Waals surface area contributed by atoms with Gasteiger partial charge in [-0.1, -0.05) is 0 Å². The quantitative estimate of drug-likeness (QED) is 0.571. The minimum absolute atomic E-state index is 0.124. The second kappa shape index (κ2) is 4.63. The van der Waals surface area contributed by atoms with Crippen LogP contribution in [0, 0.1) is 0 Å². The molecule has 1 fully saturated rings. The highest BCUT2D eigenvalue weighted by atomic mass is 16.6. The Bertz CT molecular complexity index is 412. The van der Waals surface area contributed by atoms with E-state index >= 15 is 0 Å². The first-order valence-corrected chi connectivity index (χ1v) is 5.17. The molecule has 17 heavy (non-hydrogen) atoms. The van der Waals surface area contributed by atoms with E-state index in [1.807, 2.05) is 0 Å². The molecule has 2 rings (SSSR count). The van der Waals surface area contributed by atoms with E-state index in [9.17, 15) is 4.79 Å². The molecule has 0 spiro atoms. The molecule has 1 atom stereocenters. The number of rotatable bonds is 5. The van der Waals surface area contributed by atoms with Gasteiger partial charge >= 0.3 is 0 Å². The standard InChI is InChI=1S/C12H14O5/c1-14-7-4-8(15-2)11(9(5-7)16-3)12(13)10-6-17-10/h4-5,10H,6H2,1-3H3. The Balaban J connectivity index is 2.49. The van der Waals surface area contributed by atoms with Gasteiger partial charge in [0.15, 0.2) is 0 Å². The zero-order valence-electron chi connectivity index (χ0n) is 9.98. The van der Waals surface area contributed by atoms with Gasteiger partial charge in [0, 0.05) is 12.1 Å². The number of epoxide rings is 1. The lowest BCUT2D eigenvalue weighted by Gasteiger charge is -2.13. The number of hydrogen-bond acceptors (Lipinski definition) is 5. The normalized spacial score (nSPS) is 17.5. The van der Waals surface area contributed by atoms with E-state index in [0.29, 0.717) is 29.4 Å². The van der Waals surface area contributed by atoms with Crippen LogP contribution in [0.5, 0.6) is 17.2 Å². The molecular formula is C12H14O5. The van der Waals surface area contributed by atoms with Crippen LogP contribution in [0.1, 0.15) is 10.4 Å². The van der Waals surface area contributed by atoms with E-state index in [0.717, 1.165) is 0 Å². The molecule has 1 unspecified atom stereocenters. The predicted molar refractivity (Wildman–Crippen MR) is 60.2 cm³/mol. The predicted octanol–water partition coefficient (Wildman–Crippen LogP) is 1.29. The molecule has 0 radical (unpaired) electrons. The summed E-state index contributed by atoms with van der Waals surface area (Å²) in [5, 5.41) is 0. The lowest BCUT2D eigenvalue weighted by atomic mass is 10.1. The van der Waals surface area contributed by atoms with Gasteiger partial charge in [-0.05, 0) is 0 Å². The fourth-order valence-corrected chi connectivity index (χ4v) is 1.61. The van der Waals surface area contributed by atoms with Crippen molar-refractivity contribution < 1.29 is 23.7 Å². The third-order valence-corrected chi connectivity index (χ3v) is 2.59. The summed E-state index contributed by atoms with van der Waals surface area (Å²) in [6.45, 7) is 0.456. The lowest BCUT2D eigenvalue weighted by molar-refractivity contribution is 0.0947. The summed E-state index contributed by atoms with van der Waals surface area (Å²) >= 11 is 0. The monoisotopic (exact) mass is 238 g/mol.